The SMILES string of the molecule is CCCCCCCCC(NCC)c1ccc(F)c(F)c1Br. The van der Waals surface area contributed by atoms with E-state index in [1.54, 1.807) is 6.07 Å². The highest BCUT2D eigenvalue weighted by molar-refractivity contribution is 9.10. The lowest BCUT2D eigenvalue weighted by molar-refractivity contribution is 0.463. The molecule has 0 saturated carbocycles. The summed E-state index contributed by atoms with van der Waals surface area (Å²) in [4.78, 5) is 0. The van der Waals surface area contributed by atoms with Crippen LogP contribution < -0.4 is 5.32 Å². The van der Waals surface area contributed by atoms with Crippen LogP contribution in [0.2, 0.25) is 0 Å². The zero-order valence-corrected chi connectivity index (χ0v) is 14.6. The van der Waals surface area contributed by atoms with Gasteiger partial charge in [-0.3, -0.25) is 0 Å². The third-order valence-electron chi connectivity index (χ3n) is 3.74. The fraction of sp³-hybridized carbons (Fsp3) is 0.647. The zero-order chi connectivity index (χ0) is 15.7. The Morgan fingerprint density at radius 3 is 2.38 bits per heavy atom. The Morgan fingerprint density at radius 2 is 1.71 bits per heavy atom. The summed E-state index contributed by atoms with van der Waals surface area (Å²) in [6.07, 6.45) is 8.34. The van der Waals surface area contributed by atoms with E-state index in [-0.39, 0.29) is 10.5 Å². The highest BCUT2D eigenvalue weighted by Gasteiger charge is 2.18. The van der Waals surface area contributed by atoms with E-state index in [9.17, 15) is 8.78 Å². The highest BCUT2D eigenvalue weighted by Crippen LogP contribution is 2.30. The van der Waals surface area contributed by atoms with Crippen molar-refractivity contribution in [3.05, 3.63) is 33.8 Å². The number of hydrogen-bond acceptors (Lipinski definition) is 1. The van der Waals surface area contributed by atoms with Gasteiger partial charge in [0.2, 0.25) is 0 Å². The smallest absolute Gasteiger partial charge is 0.173 e. The molecule has 0 aliphatic heterocycles. The Labute approximate surface area is 135 Å². The van der Waals surface area contributed by atoms with Gasteiger partial charge in [0.15, 0.2) is 11.6 Å². The summed E-state index contributed by atoms with van der Waals surface area (Å²) in [5.74, 6) is -1.60. The van der Waals surface area contributed by atoms with Crippen molar-refractivity contribution in [3.8, 4) is 0 Å². The minimum absolute atomic E-state index is 0.0747. The predicted molar refractivity (Wildman–Crippen MR) is 88.5 cm³/mol. The van der Waals surface area contributed by atoms with Crippen molar-refractivity contribution in [1.29, 1.82) is 0 Å². The van der Waals surface area contributed by atoms with Crippen LogP contribution in [0.15, 0.2) is 16.6 Å². The Kier molecular flexibility index (Phi) is 9.09. The summed E-state index contributed by atoms with van der Waals surface area (Å²) in [7, 11) is 0. The summed E-state index contributed by atoms with van der Waals surface area (Å²) < 4.78 is 27.1. The zero-order valence-electron chi connectivity index (χ0n) is 13.0. The van der Waals surface area contributed by atoms with Gasteiger partial charge in [-0.15, -0.1) is 0 Å². The second kappa shape index (κ2) is 10.3. The van der Waals surface area contributed by atoms with E-state index in [1.807, 2.05) is 6.92 Å². The van der Waals surface area contributed by atoms with Crippen LogP contribution in [-0.2, 0) is 0 Å². The second-order valence-electron chi connectivity index (χ2n) is 5.43. The van der Waals surface area contributed by atoms with Gasteiger partial charge >= 0.3 is 0 Å². The van der Waals surface area contributed by atoms with Crippen molar-refractivity contribution in [3.63, 3.8) is 0 Å². The number of hydrogen-bond donors (Lipinski definition) is 1. The van der Waals surface area contributed by atoms with Gasteiger partial charge < -0.3 is 5.32 Å². The van der Waals surface area contributed by atoms with Crippen LogP contribution >= 0.6 is 15.9 Å². The molecule has 1 nitrogen and oxygen atoms in total. The molecule has 0 heterocycles. The summed E-state index contributed by atoms with van der Waals surface area (Å²) in [5.41, 5.74) is 0.810. The maximum Gasteiger partial charge on any atom is 0.173 e. The highest BCUT2D eigenvalue weighted by atomic mass is 79.9. The van der Waals surface area contributed by atoms with Gasteiger partial charge in [-0.05, 0) is 40.5 Å². The molecule has 1 N–H and O–H groups in total. The minimum atomic E-state index is -0.805. The average Bonchev–Trinajstić information content (AvgIpc) is 2.48. The van der Waals surface area contributed by atoms with E-state index >= 15 is 0 Å². The molecule has 1 rings (SSSR count). The molecule has 0 aliphatic carbocycles. The molecule has 1 aromatic carbocycles. The van der Waals surface area contributed by atoms with E-state index in [0.717, 1.165) is 24.9 Å². The molecule has 0 aliphatic rings. The van der Waals surface area contributed by atoms with Crippen molar-refractivity contribution in [2.24, 2.45) is 0 Å². The van der Waals surface area contributed by atoms with Crippen LogP contribution in [0.4, 0.5) is 8.78 Å². The largest absolute Gasteiger partial charge is 0.310 e. The molecular weight excluding hydrogens is 336 g/mol. The van der Waals surface area contributed by atoms with E-state index in [4.69, 9.17) is 0 Å². The molecule has 1 unspecified atom stereocenters. The van der Waals surface area contributed by atoms with Gasteiger partial charge in [0, 0.05) is 6.04 Å². The predicted octanol–water partition coefficient (Wildman–Crippen LogP) is 6.13. The molecule has 0 fully saturated rings. The van der Waals surface area contributed by atoms with Gasteiger partial charge in [-0.25, -0.2) is 8.78 Å². The molecule has 0 bridgehead atoms. The molecule has 0 radical (unpaired) electrons. The van der Waals surface area contributed by atoms with Crippen LogP contribution in [0.25, 0.3) is 0 Å². The number of halogens is 3. The van der Waals surface area contributed by atoms with Gasteiger partial charge in [-0.1, -0.05) is 58.4 Å². The lowest BCUT2D eigenvalue weighted by Crippen LogP contribution is -2.21. The van der Waals surface area contributed by atoms with Crippen molar-refractivity contribution in [1.82, 2.24) is 5.32 Å². The standard InChI is InChI=1S/C17H26BrF2N/c1-3-5-6-7-8-9-10-15(21-4-2)13-11-12-14(19)17(20)16(13)18/h11-12,15,21H,3-10H2,1-2H3. The van der Waals surface area contributed by atoms with Crippen molar-refractivity contribution in [2.75, 3.05) is 6.54 Å². The van der Waals surface area contributed by atoms with E-state index in [2.05, 4.69) is 28.2 Å². The number of unbranched alkanes of at least 4 members (excludes halogenated alkanes) is 5. The van der Waals surface area contributed by atoms with Gasteiger partial charge in [-0.2, -0.15) is 0 Å². The number of rotatable bonds is 10. The first-order valence-corrected chi connectivity index (χ1v) is 8.77. The van der Waals surface area contributed by atoms with Gasteiger partial charge in [0.1, 0.15) is 0 Å². The van der Waals surface area contributed by atoms with Gasteiger partial charge in [0.25, 0.3) is 0 Å². The maximum atomic E-state index is 13.7. The Morgan fingerprint density at radius 1 is 1.05 bits per heavy atom. The van der Waals surface area contributed by atoms with Crippen LogP contribution in [0.1, 0.15) is 70.4 Å². The van der Waals surface area contributed by atoms with Crippen LogP contribution in [0.5, 0.6) is 0 Å². The summed E-state index contributed by atoms with van der Waals surface area (Å²) in [5, 5.41) is 3.37. The second-order valence-corrected chi connectivity index (χ2v) is 6.22. The molecule has 1 atom stereocenters. The third-order valence-corrected chi connectivity index (χ3v) is 4.54. The monoisotopic (exact) mass is 361 g/mol. The van der Waals surface area contributed by atoms with Crippen LogP contribution in [0, 0.1) is 11.6 Å². The molecule has 0 saturated heterocycles. The normalized spacial score (nSPS) is 12.6. The summed E-state index contributed by atoms with van der Waals surface area (Å²) in [6.45, 7) is 5.05. The van der Waals surface area contributed by atoms with E-state index in [1.165, 1.54) is 38.2 Å². The topological polar surface area (TPSA) is 12.0 Å². The third kappa shape index (κ3) is 6.03. The molecule has 21 heavy (non-hydrogen) atoms. The van der Waals surface area contributed by atoms with Crippen molar-refractivity contribution < 1.29 is 8.78 Å². The molecule has 0 aromatic heterocycles. The maximum absolute atomic E-state index is 13.7. The average molecular weight is 362 g/mol. The number of benzene rings is 1. The van der Waals surface area contributed by atoms with E-state index < -0.39 is 11.6 Å². The Bertz CT molecular complexity index is 423. The van der Waals surface area contributed by atoms with Crippen LogP contribution in [-0.4, -0.2) is 6.54 Å². The summed E-state index contributed by atoms with van der Waals surface area (Å²) >= 11 is 3.19. The Hall–Kier alpha value is -0.480. The number of nitrogens with one attached hydrogen (secondary N) is 1. The molecule has 4 heteroatoms. The first-order valence-electron chi connectivity index (χ1n) is 7.98. The lowest BCUT2D eigenvalue weighted by Gasteiger charge is -2.20. The van der Waals surface area contributed by atoms with Crippen molar-refractivity contribution in [2.45, 2.75) is 64.8 Å². The Balaban J connectivity index is 2.59. The fourth-order valence-electron chi connectivity index (χ4n) is 2.55. The summed E-state index contributed by atoms with van der Waals surface area (Å²) in [6, 6.07) is 2.96. The molecule has 120 valence electrons. The quantitative estimate of drug-likeness (QED) is 0.390. The lowest BCUT2D eigenvalue weighted by atomic mass is 9.99. The first-order chi connectivity index (χ1) is 10.1. The first kappa shape index (κ1) is 18.6. The fourth-order valence-corrected chi connectivity index (χ4v) is 3.15. The van der Waals surface area contributed by atoms with Gasteiger partial charge in [0.05, 0.1) is 4.47 Å². The molecular formula is C17H26BrF2N. The van der Waals surface area contributed by atoms with E-state index in [0.29, 0.717) is 0 Å². The molecule has 1 aromatic rings. The molecule has 0 spiro atoms. The molecule has 0 amide bonds. The van der Waals surface area contributed by atoms with Crippen molar-refractivity contribution >= 4 is 15.9 Å². The minimum Gasteiger partial charge on any atom is -0.310 e. The van der Waals surface area contributed by atoms with Crippen LogP contribution in [0.3, 0.4) is 0 Å².